The molecule has 0 aliphatic rings. The second kappa shape index (κ2) is 6.76. The van der Waals surface area contributed by atoms with Gasteiger partial charge in [0.15, 0.2) is 0 Å². The number of amides is 1. The first-order valence-electron chi connectivity index (χ1n) is 6.88. The van der Waals surface area contributed by atoms with Gasteiger partial charge in [0.1, 0.15) is 6.04 Å². The number of carbonyl (C=O) groups is 1. The third kappa shape index (κ3) is 4.08. The molecule has 0 heterocycles. The number of halogens is 1. The number of carbonyl (C=O) groups excluding carboxylic acids is 1. The van der Waals surface area contributed by atoms with Crippen LogP contribution in [-0.4, -0.2) is 5.91 Å². The molecule has 0 bridgehead atoms. The van der Waals surface area contributed by atoms with E-state index in [1.807, 2.05) is 48.5 Å². The van der Waals surface area contributed by atoms with Crippen LogP contribution >= 0.6 is 15.9 Å². The molecule has 21 heavy (non-hydrogen) atoms. The minimum atomic E-state index is -0.535. The van der Waals surface area contributed by atoms with Gasteiger partial charge in [0.2, 0.25) is 5.91 Å². The van der Waals surface area contributed by atoms with Crippen molar-refractivity contribution in [3.8, 4) is 0 Å². The molecule has 110 valence electrons. The van der Waals surface area contributed by atoms with Crippen LogP contribution in [0.2, 0.25) is 0 Å². The van der Waals surface area contributed by atoms with Crippen molar-refractivity contribution in [3.63, 3.8) is 0 Å². The molecule has 3 N–H and O–H groups in total. The van der Waals surface area contributed by atoms with Gasteiger partial charge < -0.3 is 11.1 Å². The zero-order chi connectivity index (χ0) is 15.4. The second-order valence-electron chi connectivity index (χ2n) is 5.31. The van der Waals surface area contributed by atoms with Crippen LogP contribution in [0.15, 0.2) is 53.0 Å². The number of hydrogen-bond acceptors (Lipinski definition) is 2. The number of primary amides is 1. The standard InChI is InChI=1S/C17H19BrN2O/c1-11(2)12-3-5-13(6-4-12)16(17(19)21)20-15-9-7-14(18)8-10-15/h3-11,16,20H,1-2H3,(H2,19,21). The lowest BCUT2D eigenvalue weighted by molar-refractivity contribution is -0.118. The Morgan fingerprint density at radius 3 is 2.00 bits per heavy atom. The van der Waals surface area contributed by atoms with Crippen LogP contribution in [0.5, 0.6) is 0 Å². The minimum absolute atomic E-state index is 0.393. The highest BCUT2D eigenvalue weighted by molar-refractivity contribution is 9.10. The van der Waals surface area contributed by atoms with Crippen molar-refractivity contribution in [2.75, 3.05) is 5.32 Å². The van der Waals surface area contributed by atoms with Gasteiger partial charge in [-0.05, 0) is 41.3 Å². The van der Waals surface area contributed by atoms with Crippen LogP contribution in [-0.2, 0) is 4.79 Å². The molecule has 0 aliphatic carbocycles. The molecule has 0 radical (unpaired) electrons. The summed E-state index contributed by atoms with van der Waals surface area (Å²) in [5.41, 5.74) is 8.50. The summed E-state index contributed by atoms with van der Waals surface area (Å²) in [6.45, 7) is 4.28. The van der Waals surface area contributed by atoms with Crippen molar-refractivity contribution in [2.24, 2.45) is 5.73 Å². The SMILES string of the molecule is CC(C)c1ccc(C(Nc2ccc(Br)cc2)C(N)=O)cc1. The van der Waals surface area contributed by atoms with E-state index in [1.54, 1.807) is 0 Å². The molecule has 0 aliphatic heterocycles. The van der Waals surface area contributed by atoms with Gasteiger partial charge in [-0.1, -0.05) is 54.0 Å². The Morgan fingerprint density at radius 2 is 1.52 bits per heavy atom. The molecule has 2 rings (SSSR count). The van der Waals surface area contributed by atoms with Gasteiger partial charge in [0.25, 0.3) is 0 Å². The largest absolute Gasteiger partial charge is 0.370 e. The Labute approximate surface area is 133 Å². The van der Waals surface area contributed by atoms with Gasteiger partial charge in [-0.15, -0.1) is 0 Å². The molecule has 1 atom stereocenters. The van der Waals surface area contributed by atoms with Crippen molar-refractivity contribution < 1.29 is 4.79 Å². The Hall–Kier alpha value is -1.81. The van der Waals surface area contributed by atoms with E-state index in [4.69, 9.17) is 5.73 Å². The van der Waals surface area contributed by atoms with Crippen LogP contribution in [0, 0.1) is 0 Å². The topological polar surface area (TPSA) is 55.1 Å². The lowest BCUT2D eigenvalue weighted by atomic mass is 9.98. The van der Waals surface area contributed by atoms with E-state index in [-0.39, 0.29) is 0 Å². The number of nitrogens with one attached hydrogen (secondary N) is 1. The van der Waals surface area contributed by atoms with Crippen molar-refractivity contribution >= 4 is 27.5 Å². The maximum atomic E-state index is 11.7. The number of rotatable bonds is 5. The summed E-state index contributed by atoms with van der Waals surface area (Å²) >= 11 is 3.39. The molecule has 1 unspecified atom stereocenters. The first-order valence-corrected chi connectivity index (χ1v) is 7.68. The van der Waals surface area contributed by atoms with Crippen molar-refractivity contribution in [3.05, 3.63) is 64.1 Å². The van der Waals surface area contributed by atoms with Crippen LogP contribution in [0.1, 0.15) is 36.9 Å². The molecule has 0 saturated carbocycles. The Morgan fingerprint density at radius 1 is 1.00 bits per heavy atom. The maximum absolute atomic E-state index is 11.7. The molecule has 0 spiro atoms. The Kier molecular flexibility index (Phi) is 5.02. The van der Waals surface area contributed by atoms with E-state index >= 15 is 0 Å². The van der Waals surface area contributed by atoms with Gasteiger partial charge in [-0.25, -0.2) is 0 Å². The predicted molar refractivity (Wildman–Crippen MR) is 90.2 cm³/mol. The monoisotopic (exact) mass is 346 g/mol. The average molecular weight is 347 g/mol. The molecular weight excluding hydrogens is 328 g/mol. The predicted octanol–water partition coefficient (Wildman–Crippen LogP) is 4.21. The molecule has 2 aromatic rings. The summed E-state index contributed by atoms with van der Waals surface area (Å²) in [4.78, 5) is 11.7. The third-order valence-corrected chi connectivity index (χ3v) is 3.90. The van der Waals surface area contributed by atoms with Gasteiger partial charge in [0.05, 0.1) is 0 Å². The Balaban J connectivity index is 2.22. The van der Waals surface area contributed by atoms with E-state index in [2.05, 4.69) is 35.1 Å². The van der Waals surface area contributed by atoms with Crippen LogP contribution in [0.3, 0.4) is 0 Å². The highest BCUT2D eigenvalue weighted by atomic mass is 79.9. The van der Waals surface area contributed by atoms with E-state index in [9.17, 15) is 4.79 Å². The number of hydrogen-bond donors (Lipinski definition) is 2. The van der Waals surface area contributed by atoms with Gasteiger partial charge >= 0.3 is 0 Å². The van der Waals surface area contributed by atoms with E-state index in [0.717, 1.165) is 15.7 Å². The van der Waals surface area contributed by atoms with Crippen LogP contribution in [0.25, 0.3) is 0 Å². The molecular formula is C17H19BrN2O. The van der Waals surface area contributed by atoms with Crippen molar-refractivity contribution in [1.82, 2.24) is 0 Å². The van der Waals surface area contributed by atoms with Gasteiger partial charge in [-0.2, -0.15) is 0 Å². The van der Waals surface area contributed by atoms with Gasteiger partial charge in [0, 0.05) is 10.2 Å². The van der Waals surface area contributed by atoms with Crippen LogP contribution in [0.4, 0.5) is 5.69 Å². The molecule has 3 nitrogen and oxygen atoms in total. The first-order chi connectivity index (χ1) is 9.97. The van der Waals surface area contributed by atoms with Crippen molar-refractivity contribution in [2.45, 2.75) is 25.8 Å². The summed E-state index contributed by atoms with van der Waals surface area (Å²) in [7, 11) is 0. The average Bonchev–Trinajstić information content (AvgIpc) is 2.46. The molecule has 1 amide bonds. The normalized spacial score (nSPS) is 12.2. The summed E-state index contributed by atoms with van der Waals surface area (Å²) in [5.74, 6) is 0.0701. The number of anilines is 1. The van der Waals surface area contributed by atoms with E-state index < -0.39 is 11.9 Å². The molecule has 0 fully saturated rings. The fourth-order valence-corrected chi connectivity index (χ4v) is 2.37. The highest BCUT2D eigenvalue weighted by Gasteiger charge is 2.17. The van der Waals surface area contributed by atoms with Gasteiger partial charge in [-0.3, -0.25) is 4.79 Å². The Bertz CT molecular complexity index is 606. The molecule has 0 aromatic heterocycles. The van der Waals surface area contributed by atoms with Crippen molar-refractivity contribution in [1.29, 1.82) is 0 Å². The van der Waals surface area contributed by atoms with E-state index in [1.165, 1.54) is 5.56 Å². The third-order valence-electron chi connectivity index (χ3n) is 3.38. The fraction of sp³-hybridized carbons (Fsp3) is 0.235. The second-order valence-corrected chi connectivity index (χ2v) is 6.22. The number of benzene rings is 2. The van der Waals surface area contributed by atoms with E-state index in [0.29, 0.717) is 5.92 Å². The summed E-state index contributed by atoms with van der Waals surface area (Å²) in [6, 6.07) is 15.1. The zero-order valence-electron chi connectivity index (χ0n) is 12.1. The molecule has 4 heteroatoms. The zero-order valence-corrected chi connectivity index (χ0v) is 13.7. The molecule has 2 aromatic carbocycles. The maximum Gasteiger partial charge on any atom is 0.244 e. The lowest BCUT2D eigenvalue weighted by Crippen LogP contribution is -2.27. The van der Waals surface area contributed by atoms with Crippen LogP contribution < -0.4 is 11.1 Å². The first kappa shape index (κ1) is 15.6. The summed E-state index contributed by atoms with van der Waals surface area (Å²) in [6.07, 6.45) is 0. The minimum Gasteiger partial charge on any atom is -0.370 e. The summed E-state index contributed by atoms with van der Waals surface area (Å²) < 4.78 is 0.991. The fourth-order valence-electron chi connectivity index (χ4n) is 2.10. The molecule has 0 saturated heterocycles. The smallest absolute Gasteiger partial charge is 0.244 e. The quantitative estimate of drug-likeness (QED) is 0.851. The lowest BCUT2D eigenvalue weighted by Gasteiger charge is -2.18. The summed E-state index contributed by atoms with van der Waals surface area (Å²) in [5, 5.41) is 3.18. The number of nitrogens with two attached hydrogens (primary N) is 1. The highest BCUT2D eigenvalue weighted by Crippen LogP contribution is 2.23.